The van der Waals surface area contributed by atoms with Gasteiger partial charge in [-0.05, 0) is 18.6 Å². The Hall–Kier alpha value is -1.65. The molecule has 0 N–H and O–H groups in total. The van der Waals surface area contributed by atoms with Crippen molar-refractivity contribution in [3.8, 4) is 0 Å². The summed E-state index contributed by atoms with van der Waals surface area (Å²) in [6.45, 7) is 3.07. The van der Waals surface area contributed by atoms with Gasteiger partial charge in [0.25, 0.3) is 0 Å². The first-order chi connectivity index (χ1) is 7.69. The summed E-state index contributed by atoms with van der Waals surface area (Å²) in [6, 6.07) is 3.39. The number of carbonyl (C=O) groups excluding carboxylic acids is 1. The molecule has 0 radical (unpaired) electrons. The summed E-state index contributed by atoms with van der Waals surface area (Å²) in [6.07, 6.45) is 2.24. The van der Waals surface area contributed by atoms with Crippen LogP contribution in [0.25, 0.3) is 0 Å². The Morgan fingerprint density at radius 1 is 1.44 bits per heavy atom. The third-order valence-electron chi connectivity index (χ3n) is 2.28. The van der Waals surface area contributed by atoms with Crippen molar-refractivity contribution in [2.24, 2.45) is 0 Å². The monoisotopic (exact) mass is 223 g/mol. The quantitative estimate of drug-likeness (QED) is 0.708. The molecule has 0 saturated carbocycles. The lowest BCUT2D eigenvalue weighted by Crippen LogP contribution is -2.20. The molecule has 1 aromatic heterocycles. The largest absolute Gasteiger partial charge is 0.464 e. The summed E-state index contributed by atoms with van der Waals surface area (Å²) < 4.78 is 4.55. The summed E-state index contributed by atoms with van der Waals surface area (Å²) in [5.74, 6) is 0.302. The number of rotatable bonds is 5. The molecule has 16 heavy (non-hydrogen) atoms. The number of hydrogen-bond donors (Lipinski definition) is 0. The molecule has 0 amide bonds. The van der Waals surface area contributed by atoms with Crippen LogP contribution in [-0.2, 0) is 4.74 Å². The van der Waals surface area contributed by atoms with E-state index in [-0.39, 0.29) is 5.69 Å². The van der Waals surface area contributed by atoms with E-state index in [4.69, 9.17) is 0 Å². The molecule has 0 aliphatic rings. The Balaban J connectivity index is 2.67. The van der Waals surface area contributed by atoms with Crippen LogP contribution in [0.4, 0.5) is 5.82 Å². The topological polar surface area (TPSA) is 55.3 Å². The molecule has 5 heteroatoms. The first kappa shape index (κ1) is 12.4. The Morgan fingerprint density at radius 2 is 2.19 bits per heavy atom. The summed E-state index contributed by atoms with van der Waals surface area (Å²) in [5.41, 5.74) is 0.232. The van der Waals surface area contributed by atoms with Crippen LogP contribution in [0.1, 0.15) is 30.3 Å². The molecule has 1 heterocycles. The highest BCUT2D eigenvalue weighted by Crippen LogP contribution is 2.08. The Kier molecular flexibility index (Phi) is 4.69. The van der Waals surface area contributed by atoms with E-state index >= 15 is 0 Å². The number of anilines is 1. The fourth-order valence-corrected chi connectivity index (χ4v) is 1.25. The van der Waals surface area contributed by atoms with Gasteiger partial charge in [-0.15, -0.1) is 10.2 Å². The maximum atomic E-state index is 11.1. The molecule has 5 nitrogen and oxygen atoms in total. The number of esters is 1. The number of aromatic nitrogens is 2. The zero-order valence-electron chi connectivity index (χ0n) is 9.93. The van der Waals surface area contributed by atoms with Gasteiger partial charge in [-0.2, -0.15) is 0 Å². The summed E-state index contributed by atoms with van der Waals surface area (Å²) in [7, 11) is 3.28. The minimum absolute atomic E-state index is 0.232. The van der Waals surface area contributed by atoms with Crippen LogP contribution in [0, 0.1) is 0 Å². The van der Waals surface area contributed by atoms with Gasteiger partial charge in [-0.1, -0.05) is 13.3 Å². The average molecular weight is 223 g/mol. The number of carbonyl (C=O) groups is 1. The molecular formula is C11H17N3O2. The number of hydrogen-bond acceptors (Lipinski definition) is 5. The van der Waals surface area contributed by atoms with E-state index in [1.165, 1.54) is 7.11 Å². The SMILES string of the molecule is CCCCN(C)c1ccc(C(=O)OC)nn1. The summed E-state index contributed by atoms with van der Waals surface area (Å²) in [5, 5.41) is 7.79. The first-order valence-electron chi connectivity index (χ1n) is 5.32. The van der Waals surface area contributed by atoms with Crippen LogP contribution >= 0.6 is 0 Å². The Bertz CT molecular complexity index is 338. The smallest absolute Gasteiger partial charge is 0.358 e. The molecule has 0 saturated heterocycles. The van der Waals surface area contributed by atoms with Gasteiger partial charge < -0.3 is 9.64 Å². The Labute approximate surface area is 95.4 Å². The van der Waals surface area contributed by atoms with E-state index in [9.17, 15) is 4.79 Å². The Morgan fingerprint density at radius 3 is 2.69 bits per heavy atom. The fraction of sp³-hybridized carbons (Fsp3) is 0.545. The molecule has 0 spiro atoms. The highest BCUT2D eigenvalue weighted by molar-refractivity contribution is 5.86. The molecule has 0 atom stereocenters. The second-order valence-corrected chi connectivity index (χ2v) is 3.54. The number of methoxy groups -OCH3 is 1. The highest BCUT2D eigenvalue weighted by Gasteiger charge is 2.09. The predicted octanol–water partition coefficient (Wildman–Crippen LogP) is 1.50. The number of ether oxygens (including phenoxy) is 1. The van der Waals surface area contributed by atoms with Gasteiger partial charge in [0.05, 0.1) is 7.11 Å². The standard InChI is InChI=1S/C11H17N3O2/c1-4-5-8-14(2)10-7-6-9(12-13-10)11(15)16-3/h6-7H,4-5,8H2,1-3H3. The summed E-state index contributed by atoms with van der Waals surface area (Å²) in [4.78, 5) is 13.1. The van der Waals surface area contributed by atoms with E-state index in [0.29, 0.717) is 0 Å². The second kappa shape index (κ2) is 6.05. The van der Waals surface area contributed by atoms with E-state index < -0.39 is 5.97 Å². The molecule has 1 rings (SSSR count). The van der Waals surface area contributed by atoms with Gasteiger partial charge >= 0.3 is 5.97 Å². The van der Waals surface area contributed by atoms with Crippen LogP contribution in [-0.4, -0.2) is 36.9 Å². The third-order valence-corrected chi connectivity index (χ3v) is 2.28. The van der Waals surface area contributed by atoms with Gasteiger partial charge in [-0.25, -0.2) is 4.79 Å². The van der Waals surface area contributed by atoms with Crippen molar-refractivity contribution in [1.82, 2.24) is 10.2 Å². The van der Waals surface area contributed by atoms with Crippen molar-refractivity contribution in [1.29, 1.82) is 0 Å². The molecule has 88 valence electrons. The lowest BCUT2D eigenvalue weighted by Gasteiger charge is -2.16. The minimum atomic E-state index is -0.463. The van der Waals surface area contributed by atoms with Crippen molar-refractivity contribution in [3.05, 3.63) is 17.8 Å². The van der Waals surface area contributed by atoms with E-state index in [2.05, 4.69) is 21.9 Å². The zero-order valence-corrected chi connectivity index (χ0v) is 9.93. The maximum Gasteiger partial charge on any atom is 0.358 e. The van der Waals surface area contributed by atoms with E-state index in [0.717, 1.165) is 25.2 Å². The molecular weight excluding hydrogens is 206 g/mol. The fourth-order valence-electron chi connectivity index (χ4n) is 1.25. The zero-order chi connectivity index (χ0) is 12.0. The molecule has 0 aliphatic heterocycles. The van der Waals surface area contributed by atoms with Gasteiger partial charge in [0.2, 0.25) is 0 Å². The van der Waals surface area contributed by atoms with Crippen LogP contribution in [0.3, 0.4) is 0 Å². The summed E-state index contributed by atoms with van der Waals surface area (Å²) >= 11 is 0. The normalized spacial score (nSPS) is 9.94. The average Bonchev–Trinajstić information content (AvgIpc) is 2.35. The van der Waals surface area contributed by atoms with Gasteiger partial charge in [0.15, 0.2) is 11.5 Å². The van der Waals surface area contributed by atoms with Crippen LogP contribution in [0.2, 0.25) is 0 Å². The molecule has 0 aromatic carbocycles. The third kappa shape index (κ3) is 3.18. The van der Waals surface area contributed by atoms with Crippen LogP contribution in [0.15, 0.2) is 12.1 Å². The van der Waals surface area contributed by atoms with Crippen molar-refractivity contribution in [2.75, 3.05) is 25.6 Å². The molecule has 0 unspecified atom stereocenters. The van der Waals surface area contributed by atoms with Gasteiger partial charge in [0.1, 0.15) is 0 Å². The van der Waals surface area contributed by atoms with Gasteiger partial charge in [0, 0.05) is 13.6 Å². The van der Waals surface area contributed by atoms with Gasteiger partial charge in [-0.3, -0.25) is 0 Å². The lowest BCUT2D eigenvalue weighted by molar-refractivity contribution is 0.0592. The number of unbranched alkanes of at least 4 members (excludes halogenated alkanes) is 1. The van der Waals surface area contributed by atoms with Crippen molar-refractivity contribution >= 4 is 11.8 Å². The highest BCUT2D eigenvalue weighted by atomic mass is 16.5. The van der Waals surface area contributed by atoms with Crippen molar-refractivity contribution in [3.63, 3.8) is 0 Å². The minimum Gasteiger partial charge on any atom is -0.464 e. The van der Waals surface area contributed by atoms with Crippen LogP contribution < -0.4 is 4.90 Å². The molecule has 0 aliphatic carbocycles. The predicted molar refractivity (Wildman–Crippen MR) is 61.5 cm³/mol. The number of nitrogens with zero attached hydrogens (tertiary/aromatic N) is 3. The molecule has 0 fully saturated rings. The maximum absolute atomic E-state index is 11.1. The first-order valence-corrected chi connectivity index (χ1v) is 5.32. The van der Waals surface area contributed by atoms with Crippen molar-refractivity contribution < 1.29 is 9.53 Å². The molecule has 1 aromatic rings. The lowest BCUT2D eigenvalue weighted by atomic mass is 10.3. The van der Waals surface area contributed by atoms with E-state index in [1.54, 1.807) is 12.1 Å². The van der Waals surface area contributed by atoms with E-state index in [1.807, 2.05) is 11.9 Å². The second-order valence-electron chi connectivity index (χ2n) is 3.54. The molecule has 0 bridgehead atoms. The van der Waals surface area contributed by atoms with Crippen LogP contribution in [0.5, 0.6) is 0 Å². The van der Waals surface area contributed by atoms with Crippen molar-refractivity contribution in [2.45, 2.75) is 19.8 Å².